The maximum Gasteiger partial charge on any atom is 0.237 e. The van der Waals surface area contributed by atoms with Crippen molar-refractivity contribution >= 4 is 5.91 Å². The summed E-state index contributed by atoms with van der Waals surface area (Å²) >= 11 is 0. The van der Waals surface area contributed by atoms with Crippen LogP contribution in [0.5, 0.6) is 0 Å². The van der Waals surface area contributed by atoms with E-state index in [0.717, 1.165) is 19.4 Å². The minimum absolute atomic E-state index is 0.0821. The Labute approximate surface area is 121 Å². The zero-order valence-electron chi connectivity index (χ0n) is 12.4. The average molecular weight is 272 g/mol. The van der Waals surface area contributed by atoms with Gasteiger partial charge in [0, 0.05) is 12.6 Å². The van der Waals surface area contributed by atoms with Gasteiger partial charge in [0.2, 0.25) is 5.91 Å². The fraction of sp³-hybridized carbons (Fsp3) is 0.588. The molecule has 0 spiro atoms. The summed E-state index contributed by atoms with van der Waals surface area (Å²) in [7, 11) is 0. The average Bonchev–Trinajstić information content (AvgIpc) is 2.77. The predicted octanol–water partition coefficient (Wildman–Crippen LogP) is 2.40. The second-order valence-corrected chi connectivity index (χ2v) is 6.85. The smallest absolute Gasteiger partial charge is 0.237 e. The molecule has 0 aromatic heterocycles. The van der Waals surface area contributed by atoms with Gasteiger partial charge in [-0.1, -0.05) is 44.5 Å². The molecule has 1 aliphatic heterocycles. The number of fused-ring (bicyclic) bond motifs is 1. The molecule has 1 aromatic carbocycles. The third-order valence-electron chi connectivity index (χ3n) is 4.97. The number of carbonyl (C=O) groups is 1. The van der Waals surface area contributed by atoms with Crippen LogP contribution in [0.4, 0.5) is 0 Å². The number of nitrogens with one attached hydrogen (secondary N) is 2. The standard InChI is InChI=1S/C17H24N2O/c1-17(2)9-5-8-15(17)19-16(20)14-10-12-6-3-4-7-13(12)11-18-14/h3-4,6-7,14-15,18H,5,8-11H2,1-2H3,(H,19,20). The first-order chi connectivity index (χ1) is 9.56. The number of amides is 1. The molecule has 1 heterocycles. The number of hydrogen-bond donors (Lipinski definition) is 2. The number of benzene rings is 1. The quantitative estimate of drug-likeness (QED) is 0.868. The molecule has 2 atom stereocenters. The second-order valence-electron chi connectivity index (χ2n) is 6.85. The molecule has 108 valence electrons. The Morgan fingerprint density at radius 2 is 2.05 bits per heavy atom. The zero-order valence-corrected chi connectivity index (χ0v) is 12.4. The van der Waals surface area contributed by atoms with Gasteiger partial charge in [-0.3, -0.25) is 4.79 Å². The maximum atomic E-state index is 12.5. The monoisotopic (exact) mass is 272 g/mol. The lowest BCUT2D eigenvalue weighted by Crippen LogP contribution is -2.52. The van der Waals surface area contributed by atoms with Crippen molar-refractivity contribution in [1.29, 1.82) is 0 Å². The van der Waals surface area contributed by atoms with Gasteiger partial charge in [0.05, 0.1) is 6.04 Å². The first-order valence-electron chi connectivity index (χ1n) is 7.67. The van der Waals surface area contributed by atoms with Crippen LogP contribution in [0.2, 0.25) is 0 Å². The van der Waals surface area contributed by atoms with Crippen molar-refractivity contribution in [2.45, 2.75) is 58.2 Å². The Bertz CT molecular complexity index is 509. The van der Waals surface area contributed by atoms with E-state index in [1.807, 2.05) is 0 Å². The van der Waals surface area contributed by atoms with E-state index in [9.17, 15) is 4.79 Å². The van der Waals surface area contributed by atoms with Gasteiger partial charge in [-0.05, 0) is 35.8 Å². The molecule has 3 heteroatoms. The second kappa shape index (κ2) is 5.21. The summed E-state index contributed by atoms with van der Waals surface area (Å²) in [6.07, 6.45) is 4.34. The normalized spacial score (nSPS) is 27.9. The van der Waals surface area contributed by atoms with Crippen LogP contribution in [0.25, 0.3) is 0 Å². The van der Waals surface area contributed by atoms with E-state index in [4.69, 9.17) is 0 Å². The Kier molecular flexibility index (Phi) is 3.55. The van der Waals surface area contributed by atoms with Crippen molar-refractivity contribution in [3.8, 4) is 0 Å². The lowest BCUT2D eigenvalue weighted by molar-refractivity contribution is -0.124. The molecule has 0 saturated heterocycles. The van der Waals surface area contributed by atoms with Gasteiger partial charge in [-0.15, -0.1) is 0 Å². The summed E-state index contributed by atoms with van der Waals surface area (Å²) in [4.78, 5) is 12.5. The van der Waals surface area contributed by atoms with Crippen LogP contribution in [0, 0.1) is 5.41 Å². The van der Waals surface area contributed by atoms with E-state index in [1.165, 1.54) is 24.0 Å². The SMILES string of the molecule is CC1(C)CCCC1NC(=O)C1Cc2ccccc2CN1. The molecule has 1 aliphatic carbocycles. The van der Waals surface area contributed by atoms with E-state index >= 15 is 0 Å². The third kappa shape index (κ3) is 2.59. The molecule has 1 aromatic rings. The minimum atomic E-state index is -0.0821. The van der Waals surface area contributed by atoms with E-state index in [2.05, 4.69) is 48.7 Å². The van der Waals surface area contributed by atoms with Crippen LogP contribution in [0.3, 0.4) is 0 Å². The molecule has 3 nitrogen and oxygen atoms in total. The molecule has 0 radical (unpaired) electrons. The Balaban J connectivity index is 1.65. The minimum Gasteiger partial charge on any atom is -0.351 e. The first-order valence-corrected chi connectivity index (χ1v) is 7.67. The fourth-order valence-electron chi connectivity index (χ4n) is 3.51. The summed E-state index contributed by atoms with van der Waals surface area (Å²) in [5.41, 5.74) is 2.86. The van der Waals surface area contributed by atoms with Gasteiger partial charge < -0.3 is 10.6 Å². The van der Waals surface area contributed by atoms with Gasteiger partial charge in [-0.2, -0.15) is 0 Å². The van der Waals surface area contributed by atoms with Crippen molar-refractivity contribution in [1.82, 2.24) is 10.6 Å². The predicted molar refractivity (Wildman–Crippen MR) is 80.3 cm³/mol. The van der Waals surface area contributed by atoms with Crippen molar-refractivity contribution in [2.75, 3.05) is 0 Å². The topological polar surface area (TPSA) is 41.1 Å². The van der Waals surface area contributed by atoms with E-state index in [-0.39, 0.29) is 17.4 Å². The zero-order chi connectivity index (χ0) is 14.2. The Morgan fingerprint density at radius 1 is 1.30 bits per heavy atom. The van der Waals surface area contributed by atoms with Crippen LogP contribution in [0.1, 0.15) is 44.2 Å². The van der Waals surface area contributed by atoms with Crippen LogP contribution < -0.4 is 10.6 Å². The van der Waals surface area contributed by atoms with Crippen molar-refractivity contribution in [3.05, 3.63) is 35.4 Å². The number of rotatable bonds is 2. The van der Waals surface area contributed by atoms with E-state index < -0.39 is 0 Å². The third-order valence-corrected chi connectivity index (χ3v) is 4.97. The lowest BCUT2D eigenvalue weighted by atomic mass is 9.87. The van der Waals surface area contributed by atoms with E-state index in [0.29, 0.717) is 6.04 Å². The van der Waals surface area contributed by atoms with Crippen LogP contribution in [0.15, 0.2) is 24.3 Å². The summed E-state index contributed by atoms with van der Waals surface area (Å²) in [5, 5.41) is 6.63. The fourth-order valence-corrected chi connectivity index (χ4v) is 3.51. The molecule has 2 aliphatic rings. The van der Waals surface area contributed by atoms with Gasteiger partial charge in [0.25, 0.3) is 0 Å². The summed E-state index contributed by atoms with van der Waals surface area (Å²) < 4.78 is 0. The lowest BCUT2D eigenvalue weighted by Gasteiger charge is -2.31. The van der Waals surface area contributed by atoms with Crippen LogP contribution in [-0.4, -0.2) is 18.0 Å². The maximum absolute atomic E-state index is 12.5. The highest BCUT2D eigenvalue weighted by Gasteiger charge is 2.36. The molecule has 0 bridgehead atoms. The Hall–Kier alpha value is -1.35. The van der Waals surface area contributed by atoms with E-state index in [1.54, 1.807) is 0 Å². The van der Waals surface area contributed by atoms with Crippen molar-refractivity contribution < 1.29 is 4.79 Å². The first kappa shape index (κ1) is 13.6. The molecule has 2 unspecified atom stereocenters. The van der Waals surface area contributed by atoms with Crippen molar-refractivity contribution in [3.63, 3.8) is 0 Å². The van der Waals surface area contributed by atoms with Gasteiger partial charge in [-0.25, -0.2) is 0 Å². The number of hydrogen-bond acceptors (Lipinski definition) is 2. The highest BCUT2D eigenvalue weighted by Crippen LogP contribution is 2.37. The molecule has 1 amide bonds. The molecule has 1 fully saturated rings. The van der Waals surface area contributed by atoms with Gasteiger partial charge in [0.1, 0.15) is 0 Å². The molecule has 20 heavy (non-hydrogen) atoms. The van der Waals surface area contributed by atoms with Gasteiger partial charge in [0.15, 0.2) is 0 Å². The van der Waals surface area contributed by atoms with Crippen LogP contribution >= 0.6 is 0 Å². The number of carbonyl (C=O) groups excluding carboxylic acids is 1. The summed E-state index contributed by atoms with van der Waals surface area (Å²) in [6.45, 7) is 5.31. The van der Waals surface area contributed by atoms with Crippen molar-refractivity contribution in [2.24, 2.45) is 5.41 Å². The largest absolute Gasteiger partial charge is 0.351 e. The highest BCUT2D eigenvalue weighted by atomic mass is 16.2. The van der Waals surface area contributed by atoms with Gasteiger partial charge >= 0.3 is 0 Å². The summed E-state index contributed by atoms with van der Waals surface area (Å²) in [5.74, 6) is 0.166. The molecule has 3 rings (SSSR count). The molecule has 2 N–H and O–H groups in total. The highest BCUT2D eigenvalue weighted by molar-refractivity contribution is 5.82. The molecular weight excluding hydrogens is 248 g/mol. The molecular formula is C17H24N2O. The Morgan fingerprint density at radius 3 is 2.75 bits per heavy atom. The molecule has 1 saturated carbocycles. The summed E-state index contributed by atoms with van der Waals surface area (Å²) in [6, 6.07) is 8.63. The van der Waals surface area contributed by atoms with Crippen LogP contribution in [-0.2, 0) is 17.8 Å².